The zero-order valence-corrected chi connectivity index (χ0v) is 14.4. The highest BCUT2D eigenvalue weighted by Crippen LogP contribution is 2.10. The van der Waals surface area contributed by atoms with Crippen molar-refractivity contribution < 1.29 is 14.3 Å². The van der Waals surface area contributed by atoms with Crippen LogP contribution in [0.5, 0.6) is 5.75 Å². The smallest absolute Gasteiger partial charge is 0.410 e. The molecule has 0 aliphatic heterocycles. The maximum absolute atomic E-state index is 12.4. The van der Waals surface area contributed by atoms with Gasteiger partial charge >= 0.3 is 6.09 Å². The van der Waals surface area contributed by atoms with Gasteiger partial charge in [0, 0.05) is 18.9 Å². The highest BCUT2D eigenvalue weighted by molar-refractivity contribution is 5.86. The molecular weight excluding hydrogens is 318 g/mol. The summed E-state index contributed by atoms with van der Waals surface area (Å²) in [5.41, 5.74) is 0.894. The van der Waals surface area contributed by atoms with Gasteiger partial charge in [0.15, 0.2) is 0 Å². The van der Waals surface area contributed by atoms with Gasteiger partial charge in [0.25, 0.3) is 0 Å². The highest BCUT2D eigenvalue weighted by atomic mass is 16.6. The summed E-state index contributed by atoms with van der Waals surface area (Å²) in [5, 5.41) is 5.47. The number of pyridine rings is 1. The van der Waals surface area contributed by atoms with E-state index in [0.717, 1.165) is 5.56 Å². The molecule has 0 aliphatic carbocycles. The van der Waals surface area contributed by atoms with Gasteiger partial charge in [-0.2, -0.15) is 0 Å². The molecule has 0 spiro atoms. The zero-order valence-electron chi connectivity index (χ0n) is 14.4. The minimum Gasteiger partial charge on any atom is -0.410 e. The molecule has 2 amide bonds. The maximum Gasteiger partial charge on any atom is 0.413 e. The molecule has 0 aliphatic rings. The molecule has 0 fully saturated rings. The molecule has 2 aromatic rings. The van der Waals surface area contributed by atoms with Crippen LogP contribution < -0.4 is 15.4 Å². The van der Waals surface area contributed by atoms with Crippen molar-refractivity contribution in [1.29, 1.82) is 0 Å². The minimum atomic E-state index is -0.659. The van der Waals surface area contributed by atoms with Gasteiger partial charge in [-0.3, -0.25) is 9.78 Å². The Morgan fingerprint density at radius 2 is 1.88 bits per heavy atom. The first-order chi connectivity index (χ1) is 12.0. The molecule has 1 aromatic heterocycles. The Balaban J connectivity index is 1.92. The van der Waals surface area contributed by atoms with E-state index in [1.165, 1.54) is 0 Å². The summed E-state index contributed by atoms with van der Waals surface area (Å²) in [6.45, 7) is 4.34. The van der Waals surface area contributed by atoms with Crippen molar-refractivity contribution in [2.24, 2.45) is 5.92 Å². The average Bonchev–Trinajstić information content (AvgIpc) is 2.60. The van der Waals surface area contributed by atoms with E-state index in [-0.39, 0.29) is 11.8 Å². The van der Waals surface area contributed by atoms with E-state index in [1.807, 2.05) is 32.0 Å². The van der Waals surface area contributed by atoms with Gasteiger partial charge in [-0.05, 0) is 36.1 Å². The molecule has 6 nitrogen and oxygen atoms in total. The Labute approximate surface area is 147 Å². The number of carbonyl (C=O) groups is 2. The molecule has 25 heavy (non-hydrogen) atoms. The number of benzene rings is 1. The van der Waals surface area contributed by atoms with Crippen LogP contribution in [0, 0.1) is 5.92 Å². The maximum atomic E-state index is 12.4. The molecule has 1 heterocycles. The number of amides is 2. The summed E-state index contributed by atoms with van der Waals surface area (Å²) in [7, 11) is 0. The Morgan fingerprint density at radius 3 is 2.52 bits per heavy atom. The van der Waals surface area contributed by atoms with Crippen molar-refractivity contribution in [3.8, 4) is 5.75 Å². The van der Waals surface area contributed by atoms with Crippen LogP contribution in [0.1, 0.15) is 25.8 Å². The van der Waals surface area contributed by atoms with E-state index < -0.39 is 12.1 Å². The fraction of sp³-hybridized carbons (Fsp3) is 0.316. The van der Waals surface area contributed by atoms with Gasteiger partial charge in [0.1, 0.15) is 11.8 Å². The van der Waals surface area contributed by atoms with Crippen LogP contribution in [0.2, 0.25) is 0 Å². The molecule has 1 atom stereocenters. The lowest BCUT2D eigenvalue weighted by atomic mass is 10.0. The summed E-state index contributed by atoms with van der Waals surface area (Å²) < 4.78 is 5.20. The van der Waals surface area contributed by atoms with Gasteiger partial charge < -0.3 is 15.4 Å². The molecule has 2 rings (SSSR count). The van der Waals surface area contributed by atoms with Crippen molar-refractivity contribution in [2.75, 3.05) is 0 Å². The van der Waals surface area contributed by atoms with E-state index >= 15 is 0 Å². The highest BCUT2D eigenvalue weighted by Gasteiger charge is 2.22. The summed E-state index contributed by atoms with van der Waals surface area (Å²) >= 11 is 0. The van der Waals surface area contributed by atoms with E-state index in [0.29, 0.717) is 18.7 Å². The van der Waals surface area contributed by atoms with E-state index in [9.17, 15) is 9.59 Å². The minimum absolute atomic E-state index is 0.242. The first kappa shape index (κ1) is 18.4. The van der Waals surface area contributed by atoms with Crippen LogP contribution >= 0.6 is 0 Å². The lowest BCUT2D eigenvalue weighted by Gasteiger charge is -2.20. The van der Waals surface area contributed by atoms with Crippen LogP contribution in [0.4, 0.5) is 4.79 Å². The van der Waals surface area contributed by atoms with Crippen molar-refractivity contribution in [3.05, 3.63) is 60.4 Å². The Hall–Kier alpha value is -2.89. The number of hydrogen-bond acceptors (Lipinski definition) is 4. The first-order valence-electron chi connectivity index (χ1n) is 8.24. The molecule has 132 valence electrons. The second kappa shape index (κ2) is 9.42. The van der Waals surface area contributed by atoms with Crippen LogP contribution in [-0.4, -0.2) is 23.0 Å². The Kier molecular flexibility index (Phi) is 6.95. The van der Waals surface area contributed by atoms with Crippen molar-refractivity contribution >= 4 is 12.0 Å². The number of rotatable bonds is 7. The van der Waals surface area contributed by atoms with Gasteiger partial charge in [-0.1, -0.05) is 38.1 Å². The molecule has 0 bridgehead atoms. The number of nitrogens with one attached hydrogen (secondary N) is 2. The molecule has 0 radical (unpaired) electrons. The Morgan fingerprint density at radius 1 is 1.12 bits per heavy atom. The van der Waals surface area contributed by atoms with Crippen LogP contribution in [0.25, 0.3) is 0 Å². The van der Waals surface area contributed by atoms with Crippen molar-refractivity contribution in [3.63, 3.8) is 0 Å². The quantitative estimate of drug-likeness (QED) is 0.811. The number of nitrogens with zero attached hydrogens (tertiary/aromatic N) is 1. The van der Waals surface area contributed by atoms with Gasteiger partial charge in [-0.15, -0.1) is 0 Å². The monoisotopic (exact) mass is 341 g/mol. The molecule has 6 heteroatoms. The molecule has 2 N–H and O–H groups in total. The lowest BCUT2D eigenvalue weighted by Crippen LogP contribution is -2.48. The van der Waals surface area contributed by atoms with E-state index in [4.69, 9.17) is 4.74 Å². The third kappa shape index (κ3) is 6.63. The molecular formula is C19H23N3O3. The molecule has 0 saturated carbocycles. The zero-order chi connectivity index (χ0) is 18.1. The summed E-state index contributed by atoms with van der Waals surface area (Å²) in [6, 6.07) is 11.8. The predicted octanol–water partition coefficient (Wildman–Crippen LogP) is 2.90. The van der Waals surface area contributed by atoms with E-state index in [1.54, 1.807) is 36.7 Å². The summed E-state index contributed by atoms with van der Waals surface area (Å²) in [4.78, 5) is 28.5. The van der Waals surface area contributed by atoms with E-state index in [2.05, 4.69) is 15.6 Å². The first-order valence-corrected chi connectivity index (χ1v) is 8.24. The van der Waals surface area contributed by atoms with Crippen LogP contribution in [-0.2, 0) is 11.3 Å². The molecule has 0 saturated heterocycles. The number of para-hydroxylation sites is 1. The third-order valence-electron chi connectivity index (χ3n) is 3.46. The number of carbonyl (C=O) groups excluding carboxylic acids is 2. The van der Waals surface area contributed by atoms with Crippen LogP contribution in [0.15, 0.2) is 54.9 Å². The molecule has 1 aromatic carbocycles. The SMILES string of the molecule is CC(C)C[C@H](NC(=O)Oc1ccccc1)C(=O)NCc1cccnc1. The van der Waals surface area contributed by atoms with Crippen molar-refractivity contribution in [1.82, 2.24) is 15.6 Å². The third-order valence-corrected chi connectivity index (χ3v) is 3.46. The summed E-state index contributed by atoms with van der Waals surface area (Å²) in [6.07, 6.45) is 3.24. The fourth-order valence-corrected chi connectivity index (χ4v) is 2.29. The lowest BCUT2D eigenvalue weighted by molar-refractivity contribution is -0.123. The number of hydrogen-bond donors (Lipinski definition) is 2. The predicted molar refractivity (Wildman–Crippen MR) is 94.9 cm³/mol. The Bertz CT molecular complexity index is 675. The van der Waals surface area contributed by atoms with Gasteiger partial charge in [-0.25, -0.2) is 4.79 Å². The van der Waals surface area contributed by atoms with Crippen molar-refractivity contribution in [2.45, 2.75) is 32.9 Å². The topological polar surface area (TPSA) is 80.3 Å². The average molecular weight is 341 g/mol. The second-order valence-electron chi connectivity index (χ2n) is 6.11. The normalized spacial score (nSPS) is 11.6. The van der Waals surface area contributed by atoms with Gasteiger partial charge in [0.2, 0.25) is 5.91 Å². The fourth-order valence-electron chi connectivity index (χ4n) is 2.29. The second-order valence-corrected chi connectivity index (χ2v) is 6.11. The number of aromatic nitrogens is 1. The largest absolute Gasteiger partial charge is 0.413 e. The van der Waals surface area contributed by atoms with Crippen LogP contribution in [0.3, 0.4) is 0 Å². The summed E-state index contributed by atoms with van der Waals surface area (Å²) in [5.74, 6) is 0.424. The number of ether oxygens (including phenoxy) is 1. The van der Waals surface area contributed by atoms with Gasteiger partial charge in [0.05, 0.1) is 0 Å². The molecule has 0 unspecified atom stereocenters. The standard InChI is InChI=1S/C19H23N3O3/c1-14(2)11-17(18(23)21-13-15-7-6-10-20-12-15)22-19(24)25-16-8-4-3-5-9-16/h3-10,12,14,17H,11,13H2,1-2H3,(H,21,23)(H,22,24)/t17-/m0/s1.